The lowest BCUT2D eigenvalue weighted by Crippen LogP contribution is -2.51. The van der Waals surface area contributed by atoms with Crippen LogP contribution in [0.5, 0.6) is 0 Å². The molecule has 1 amide bonds. The molecule has 1 aliphatic heterocycles. The molecule has 0 saturated carbocycles. The summed E-state index contributed by atoms with van der Waals surface area (Å²) in [5.41, 5.74) is -0.438. The fraction of sp³-hybridized carbons (Fsp3) is 0.923. The van der Waals surface area contributed by atoms with Crippen molar-refractivity contribution in [3.8, 4) is 0 Å². The summed E-state index contributed by atoms with van der Waals surface area (Å²) in [5, 5.41) is 9.59. The first kappa shape index (κ1) is 15.2. The number of piperazine rings is 1. The molecule has 1 fully saturated rings. The van der Waals surface area contributed by atoms with E-state index in [4.69, 9.17) is 4.74 Å². The molecule has 1 N–H and O–H groups in total. The molecule has 106 valence electrons. The van der Waals surface area contributed by atoms with Gasteiger partial charge in [-0.05, 0) is 27.2 Å². The largest absolute Gasteiger partial charge is 0.444 e. The van der Waals surface area contributed by atoms with E-state index in [1.807, 2.05) is 27.7 Å². The van der Waals surface area contributed by atoms with Crippen LogP contribution >= 0.6 is 0 Å². The summed E-state index contributed by atoms with van der Waals surface area (Å²) >= 11 is 0. The Labute approximate surface area is 110 Å². The molecule has 5 heteroatoms. The van der Waals surface area contributed by atoms with Crippen LogP contribution in [0.4, 0.5) is 4.79 Å². The van der Waals surface area contributed by atoms with Crippen LogP contribution in [-0.4, -0.2) is 65.4 Å². The molecule has 1 atom stereocenters. The lowest BCUT2D eigenvalue weighted by Gasteiger charge is -2.36. The van der Waals surface area contributed by atoms with E-state index in [0.29, 0.717) is 19.6 Å². The molecule has 1 unspecified atom stereocenters. The summed E-state index contributed by atoms with van der Waals surface area (Å²) in [6, 6.07) is 0. The standard InChI is InChI=1S/C13H26N2O3/c1-5-11(16)10-14-6-8-15(9-7-14)12(17)18-13(2,3)4/h11,16H,5-10H2,1-4H3. The summed E-state index contributed by atoms with van der Waals surface area (Å²) < 4.78 is 5.33. The third-order valence-corrected chi connectivity index (χ3v) is 2.96. The van der Waals surface area contributed by atoms with Crippen molar-refractivity contribution < 1.29 is 14.6 Å². The molecular formula is C13H26N2O3. The fourth-order valence-electron chi connectivity index (χ4n) is 1.87. The zero-order chi connectivity index (χ0) is 13.8. The first-order valence-corrected chi connectivity index (χ1v) is 6.70. The third-order valence-electron chi connectivity index (χ3n) is 2.96. The number of hydrogen-bond acceptors (Lipinski definition) is 4. The van der Waals surface area contributed by atoms with E-state index >= 15 is 0 Å². The SMILES string of the molecule is CCC(O)CN1CCN(C(=O)OC(C)(C)C)CC1. The summed E-state index contributed by atoms with van der Waals surface area (Å²) in [6.45, 7) is 11.2. The number of aliphatic hydroxyl groups excluding tert-OH is 1. The van der Waals surface area contributed by atoms with Crippen LogP contribution in [0, 0.1) is 0 Å². The fourth-order valence-corrected chi connectivity index (χ4v) is 1.87. The van der Waals surface area contributed by atoms with Crippen LogP contribution in [0.3, 0.4) is 0 Å². The van der Waals surface area contributed by atoms with E-state index in [9.17, 15) is 9.90 Å². The van der Waals surface area contributed by atoms with Crippen molar-refractivity contribution in [2.24, 2.45) is 0 Å². The van der Waals surface area contributed by atoms with E-state index in [0.717, 1.165) is 19.5 Å². The van der Waals surface area contributed by atoms with Gasteiger partial charge in [0.05, 0.1) is 6.10 Å². The van der Waals surface area contributed by atoms with Crippen LogP contribution in [-0.2, 0) is 4.74 Å². The van der Waals surface area contributed by atoms with Crippen molar-refractivity contribution in [2.75, 3.05) is 32.7 Å². The van der Waals surface area contributed by atoms with Gasteiger partial charge in [-0.15, -0.1) is 0 Å². The number of nitrogens with zero attached hydrogens (tertiary/aromatic N) is 2. The average Bonchev–Trinajstić information content (AvgIpc) is 2.27. The molecule has 18 heavy (non-hydrogen) atoms. The van der Waals surface area contributed by atoms with Crippen LogP contribution in [0.1, 0.15) is 34.1 Å². The van der Waals surface area contributed by atoms with Crippen molar-refractivity contribution in [1.29, 1.82) is 0 Å². The number of carbonyl (C=O) groups excluding carboxylic acids is 1. The number of hydrogen-bond donors (Lipinski definition) is 1. The summed E-state index contributed by atoms with van der Waals surface area (Å²) in [5.74, 6) is 0. The Bertz CT molecular complexity index is 268. The second-order valence-electron chi connectivity index (χ2n) is 5.83. The predicted octanol–water partition coefficient (Wildman–Crippen LogP) is 1.31. The molecular weight excluding hydrogens is 232 g/mol. The lowest BCUT2D eigenvalue weighted by atomic mass is 10.2. The van der Waals surface area contributed by atoms with E-state index < -0.39 is 5.60 Å². The highest BCUT2D eigenvalue weighted by Gasteiger charge is 2.26. The van der Waals surface area contributed by atoms with Crippen LogP contribution in [0.15, 0.2) is 0 Å². The average molecular weight is 258 g/mol. The third kappa shape index (κ3) is 5.23. The van der Waals surface area contributed by atoms with Gasteiger partial charge >= 0.3 is 6.09 Å². The molecule has 0 spiro atoms. The van der Waals surface area contributed by atoms with Crippen molar-refractivity contribution in [3.63, 3.8) is 0 Å². The number of carbonyl (C=O) groups is 1. The molecule has 0 aromatic rings. The Kier molecular flexibility index (Phi) is 5.41. The Hall–Kier alpha value is -0.810. The Morgan fingerprint density at radius 2 is 1.83 bits per heavy atom. The highest BCUT2D eigenvalue weighted by molar-refractivity contribution is 5.68. The normalized spacial score (nSPS) is 19.7. The number of β-amino-alcohol motifs (C(OH)–C–C–N with tert-alkyl or cyclic N) is 1. The van der Waals surface area contributed by atoms with Gasteiger partial charge < -0.3 is 14.7 Å². The minimum Gasteiger partial charge on any atom is -0.444 e. The summed E-state index contributed by atoms with van der Waals surface area (Å²) in [7, 11) is 0. The molecule has 0 bridgehead atoms. The topological polar surface area (TPSA) is 53.0 Å². The van der Waals surface area contributed by atoms with Gasteiger partial charge in [0, 0.05) is 32.7 Å². The van der Waals surface area contributed by atoms with Crippen LogP contribution < -0.4 is 0 Å². The second-order valence-corrected chi connectivity index (χ2v) is 5.83. The van der Waals surface area contributed by atoms with Gasteiger partial charge in [0.25, 0.3) is 0 Å². The minimum absolute atomic E-state index is 0.238. The van der Waals surface area contributed by atoms with Gasteiger partial charge in [0.2, 0.25) is 0 Å². The molecule has 5 nitrogen and oxygen atoms in total. The zero-order valence-electron chi connectivity index (χ0n) is 12.0. The van der Waals surface area contributed by atoms with Crippen LogP contribution in [0.25, 0.3) is 0 Å². The molecule has 0 aliphatic carbocycles. The van der Waals surface area contributed by atoms with E-state index in [2.05, 4.69) is 4.90 Å². The summed E-state index contributed by atoms with van der Waals surface area (Å²) in [6.07, 6.45) is 0.267. The molecule has 1 aliphatic rings. The van der Waals surface area contributed by atoms with Crippen LogP contribution in [0.2, 0.25) is 0 Å². The van der Waals surface area contributed by atoms with E-state index in [1.165, 1.54) is 0 Å². The highest BCUT2D eigenvalue weighted by atomic mass is 16.6. The van der Waals surface area contributed by atoms with Gasteiger partial charge in [-0.25, -0.2) is 4.79 Å². The van der Waals surface area contributed by atoms with Gasteiger partial charge in [-0.2, -0.15) is 0 Å². The van der Waals surface area contributed by atoms with Gasteiger partial charge in [-0.1, -0.05) is 6.92 Å². The number of rotatable bonds is 3. The first-order valence-electron chi connectivity index (χ1n) is 6.70. The summed E-state index contributed by atoms with van der Waals surface area (Å²) in [4.78, 5) is 15.8. The van der Waals surface area contributed by atoms with E-state index in [1.54, 1.807) is 4.90 Å². The molecule has 1 saturated heterocycles. The smallest absolute Gasteiger partial charge is 0.410 e. The van der Waals surface area contributed by atoms with E-state index in [-0.39, 0.29) is 12.2 Å². The maximum atomic E-state index is 11.8. The highest BCUT2D eigenvalue weighted by Crippen LogP contribution is 2.12. The zero-order valence-corrected chi connectivity index (χ0v) is 12.0. The maximum absolute atomic E-state index is 11.8. The van der Waals surface area contributed by atoms with Gasteiger partial charge in [0.15, 0.2) is 0 Å². The monoisotopic (exact) mass is 258 g/mol. The Morgan fingerprint density at radius 1 is 1.28 bits per heavy atom. The van der Waals surface area contributed by atoms with Crippen molar-refractivity contribution >= 4 is 6.09 Å². The Morgan fingerprint density at radius 3 is 2.28 bits per heavy atom. The molecule has 0 aromatic heterocycles. The lowest BCUT2D eigenvalue weighted by molar-refractivity contribution is 0.0101. The first-order chi connectivity index (χ1) is 8.31. The Balaban J connectivity index is 2.33. The van der Waals surface area contributed by atoms with Gasteiger partial charge in [0.1, 0.15) is 5.60 Å². The maximum Gasteiger partial charge on any atom is 0.410 e. The molecule has 0 radical (unpaired) electrons. The molecule has 0 aromatic carbocycles. The quantitative estimate of drug-likeness (QED) is 0.829. The molecule has 1 heterocycles. The number of ether oxygens (including phenoxy) is 1. The minimum atomic E-state index is -0.438. The second kappa shape index (κ2) is 6.38. The number of aliphatic hydroxyl groups is 1. The predicted molar refractivity (Wildman–Crippen MR) is 70.5 cm³/mol. The van der Waals surface area contributed by atoms with Crippen molar-refractivity contribution in [2.45, 2.75) is 45.8 Å². The van der Waals surface area contributed by atoms with Gasteiger partial charge in [-0.3, -0.25) is 4.90 Å². The van der Waals surface area contributed by atoms with Crippen molar-refractivity contribution in [3.05, 3.63) is 0 Å². The molecule has 1 rings (SSSR count). The van der Waals surface area contributed by atoms with Crippen molar-refractivity contribution in [1.82, 2.24) is 9.80 Å². The number of amides is 1.